The summed E-state index contributed by atoms with van der Waals surface area (Å²) in [5.41, 5.74) is 1.24. The fraction of sp³-hybridized carbons (Fsp3) is 0.176. The van der Waals surface area contributed by atoms with Gasteiger partial charge in [-0.05, 0) is 29.3 Å². The molecule has 0 bridgehead atoms. The second-order valence-electron chi connectivity index (χ2n) is 5.06. The summed E-state index contributed by atoms with van der Waals surface area (Å²) in [6.45, 7) is 0. The minimum Gasteiger partial charge on any atom is -0.480 e. The molecule has 2 aromatic carbocycles. The molecule has 0 aliphatic heterocycles. The topological polar surface area (TPSA) is 66.4 Å². The van der Waals surface area contributed by atoms with Crippen LogP contribution < -0.4 is 5.32 Å². The fourth-order valence-electron chi connectivity index (χ4n) is 2.12. The van der Waals surface area contributed by atoms with Gasteiger partial charge in [-0.2, -0.15) is 0 Å². The number of benzene rings is 2. The van der Waals surface area contributed by atoms with E-state index in [1.54, 1.807) is 24.3 Å². The number of carboxylic acids is 1. The van der Waals surface area contributed by atoms with Crippen molar-refractivity contribution in [3.8, 4) is 0 Å². The van der Waals surface area contributed by atoms with Crippen LogP contribution in [0.1, 0.15) is 11.1 Å². The minimum absolute atomic E-state index is 0.0212. The number of aliphatic carboxylic acids is 1. The fourth-order valence-corrected chi connectivity index (χ4v) is 2.33. The van der Waals surface area contributed by atoms with E-state index in [-0.39, 0.29) is 12.8 Å². The third-order valence-corrected chi connectivity index (χ3v) is 3.66. The summed E-state index contributed by atoms with van der Waals surface area (Å²) in [4.78, 5) is 23.3. The van der Waals surface area contributed by atoms with Crippen LogP contribution in [-0.4, -0.2) is 23.0 Å². The smallest absolute Gasteiger partial charge is 0.326 e. The highest BCUT2D eigenvalue weighted by atomic mass is 35.5. The van der Waals surface area contributed by atoms with Crippen molar-refractivity contribution in [1.82, 2.24) is 5.32 Å². The van der Waals surface area contributed by atoms with Crippen LogP contribution in [0.3, 0.4) is 0 Å². The maximum atomic E-state index is 12.8. The first kappa shape index (κ1) is 17.0. The number of hydrogen-bond acceptors (Lipinski definition) is 2. The van der Waals surface area contributed by atoms with Crippen LogP contribution in [0.4, 0.5) is 4.39 Å². The predicted molar refractivity (Wildman–Crippen MR) is 84.8 cm³/mol. The van der Waals surface area contributed by atoms with E-state index >= 15 is 0 Å². The molecule has 23 heavy (non-hydrogen) atoms. The summed E-state index contributed by atoms with van der Waals surface area (Å²) in [6.07, 6.45) is 0.0662. The zero-order chi connectivity index (χ0) is 16.8. The molecule has 0 saturated carbocycles. The van der Waals surface area contributed by atoms with E-state index in [1.165, 1.54) is 24.3 Å². The molecule has 0 heterocycles. The average molecular weight is 336 g/mol. The van der Waals surface area contributed by atoms with Gasteiger partial charge in [0.15, 0.2) is 0 Å². The van der Waals surface area contributed by atoms with E-state index in [2.05, 4.69) is 5.32 Å². The van der Waals surface area contributed by atoms with Crippen molar-refractivity contribution in [2.45, 2.75) is 18.9 Å². The Bertz CT molecular complexity index is 703. The molecule has 0 spiro atoms. The zero-order valence-corrected chi connectivity index (χ0v) is 12.9. The molecule has 2 rings (SSSR count). The van der Waals surface area contributed by atoms with Crippen LogP contribution in [0.5, 0.6) is 0 Å². The maximum Gasteiger partial charge on any atom is 0.326 e. The highest BCUT2D eigenvalue weighted by Crippen LogP contribution is 2.17. The first-order chi connectivity index (χ1) is 11.0. The normalized spacial score (nSPS) is 11.7. The Kier molecular flexibility index (Phi) is 5.71. The number of nitrogens with one attached hydrogen (secondary N) is 1. The molecule has 2 aromatic rings. The zero-order valence-electron chi connectivity index (χ0n) is 12.1. The summed E-state index contributed by atoms with van der Waals surface area (Å²) in [5.74, 6) is -1.98. The van der Waals surface area contributed by atoms with Crippen molar-refractivity contribution in [2.24, 2.45) is 0 Å². The molecular formula is C17H15ClFNO3. The molecule has 1 amide bonds. The molecule has 0 aliphatic carbocycles. The lowest BCUT2D eigenvalue weighted by Crippen LogP contribution is -2.43. The molecule has 0 aliphatic rings. The molecular weight excluding hydrogens is 321 g/mol. The molecule has 0 unspecified atom stereocenters. The van der Waals surface area contributed by atoms with E-state index in [0.29, 0.717) is 16.1 Å². The first-order valence-corrected chi connectivity index (χ1v) is 7.33. The first-order valence-electron chi connectivity index (χ1n) is 6.95. The standard InChI is InChI=1S/C17H15ClFNO3/c18-14-4-2-1-3-12(14)10-15(17(22)23)20-16(21)9-11-5-7-13(19)8-6-11/h1-8,15H,9-10H2,(H,20,21)(H,22,23)/t15-/m1/s1. The molecule has 6 heteroatoms. The van der Waals surface area contributed by atoms with E-state index < -0.39 is 23.7 Å². The summed E-state index contributed by atoms with van der Waals surface area (Å²) >= 11 is 6.01. The van der Waals surface area contributed by atoms with Gasteiger partial charge in [0.05, 0.1) is 6.42 Å². The lowest BCUT2D eigenvalue weighted by molar-refractivity contribution is -0.141. The largest absolute Gasteiger partial charge is 0.480 e. The lowest BCUT2D eigenvalue weighted by atomic mass is 10.1. The maximum absolute atomic E-state index is 12.8. The Morgan fingerprint density at radius 2 is 1.78 bits per heavy atom. The second-order valence-corrected chi connectivity index (χ2v) is 5.46. The van der Waals surface area contributed by atoms with Gasteiger partial charge < -0.3 is 10.4 Å². The highest BCUT2D eigenvalue weighted by Gasteiger charge is 2.21. The Balaban J connectivity index is 2.01. The van der Waals surface area contributed by atoms with Gasteiger partial charge in [0.1, 0.15) is 11.9 Å². The second kappa shape index (κ2) is 7.74. The Hall–Kier alpha value is -2.40. The molecule has 0 saturated heterocycles. The molecule has 0 radical (unpaired) electrons. The number of rotatable bonds is 6. The van der Waals surface area contributed by atoms with Crippen molar-refractivity contribution in [1.29, 1.82) is 0 Å². The summed E-state index contributed by atoms with van der Waals surface area (Å²) in [7, 11) is 0. The van der Waals surface area contributed by atoms with Crippen LogP contribution >= 0.6 is 11.6 Å². The van der Waals surface area contributed by atoms with Crippen molar-refractivity contribution in [2.75, 3.05) is 0 Å². The SMILES string of the molecule is O=C(Cc1ccc(F)cc1)N[C@H](Cc1ccccc1Cl)C(=O)O. The van der Waals surface area contributed by atoms with Gasteiger partial charge in [0, 0.05) is 11.4 Å². The molecule has 4 nitrogen and oxygen atoms in total. The number of carbonyl (C=O) groups excluding carboxylic acids is 1. The van der Waals surface area contributed by atoms with Crippen molar-refractivity contribution < 1.29 is 19.1 Å². The summed E-state index contributed by atoms with van der Waals surface area (Å²) < 4.78 is 12.8. The number of hydrogen-bond donors (Lipinski definition) is 2. The van der Waals surface area contributed by atoms with Crippen LogP contribution in [0.25, 0.3) is 0 Å². The van der Waals surface area contributed by atoms with E-state index in [0.717, 1.165) is 0 Å². The van der Waals surface area contributed by atoms with Gasteiger partial charge in [-0.25, -0.2) is 9.18 Å². The predicted octanol–water partition coefficient (Wildman–Crippen LogP) is 2.83. The highest BCUT2D eigenvalue weighted by molar-refractivity contribution is 6.31. The number of halogens is 2. The quantitative estimate of drug-likeness (QED) is 0.853. The number of amides is 1. The Labute approximate surface area is 137 Å². The number of carboxylic acid groups (broad SMARTS) is 1. The minimum atomic E-state index is -1.14. The third-order valence-electron chi connectivity index (χ3n) is 3.29. The van der Waals surface area contributed by atoms with Crippen LogP contribution in [-0.2, 0) is 22.4 Å². The summed E-state index contributed by atoms with van der Waals surface area (Å²) in [6, 6.07) is 11.3. The van der Waals surface area contributed by atoms with E-state index in [4.69, 9.17) is 11.6 Å². The molecule has 1 atom stereocenters. The van der Waals surface area contributed by atoms with E-state index in [1.807, 2.05) is 0 Å². The molecule has 0 fully saturated rings. The molecule has 2 N–H and O–H groups in total. The van der Waals surface area contributed by atoms with Gasteiger partial charge in [-0.15, -0.1) is 0 Å². The van der Waals surface area contributed by atoms with Gasteiger partial charge in [-0.1, -0.05) is 41.9 Å². The molecule has 0 aromatic heterocycles. The lowest BCUT2D eigenvalue weighted by Gasteiger charge is -2.15. The van der Waals surface area contributed by atoms with Crippen molar-refractivity contribution in [3.63, 3.8) is 0 Å². The van der Waals surface area contributed by atoms with Crippen molar-refractivity contribution in [3.05, 3.63) is 70.5 Å². The molecule has 120 valence electrons. The van der Waals surface area contributed by atoms with Crippen LogP contribution in [0.15, 0.2) is 48.5 Å². The third kappa shape index (κ3) is 5.07. The number of carbonyl (C=O) groups is 2. The van der Waals surface area contributed by atoms with Gasteiger partial charge >= 0.3 is 5.97 Å². The average Bonchev–Trinajstić information content (AvgIpc) is 2.51. The van der Waals surface area contributed by atoms with Crippen LogP contribution in [0.2, 0.25) is 5.02 Å². The van der Waals surface area contributed by atoms with E-state index in [9.17, 15) is 19.1 Å². The Morgan fingerprint density at radius 1 is 1.13 bits per heavy atom. The van der Waals surface area contributed by atoms with Crippen molar-refractivity contribution >= 4 is 23.5 Å². The Morgan fingerprint density at radius 3 is 2.39 bits per heavy atom. The van der Waals surface area contributed by atoms with Gasteiger partial charge in [0.25, 0.3) is 0 Å². The van der Waals surface area contributed by atoms with Gasteiger partial charge in [0.2, 0.25) is 5.91 Å². The summed E-state index contributed by atoms with van der Waals surface area (Å²) in [5, 5.41) is 12.2. The van der Waals surface area contributed by atoms with Crippen LogP contribution in [0, 0.1) is 5.82 Å². The monoisotopic (exact) mass is 335 g/mol. The van der Waals surface area contributed by atoms with Gasteiger partial charge in [-0.3, -0.25) is 4.79 Å².